The Bertz CT molecular complexity index is 217. The van der Waals surface area contributed by atoms with Crippen molar-refractivity contribution in [3.05, 3.63) is 12.2 Å². The molecule has 0 bridgehead atoms. The molecule has 0 spiro atoms. The Hall–Kier alpha value is -0.440. The number of aliphatic carboxylic acids is 1. The van der Waals surface area contributed by atoms with Gasteiger partial charge in [-0.05, 0) is 32.6 Å². The highest BCUT2D eigenvalue weighted by Crippen LogP contribution is 2.32. The minimum atomic E-state index is -0.617. The first-order valence-electron chi connectivity index (χ1n) is 5.08. The molecule has 0 unspecified atom stereocenters. The van der Waals surface area contributed by atoms with Crippen molar-refractivity contribution in [3.63, 3.8) is 0 Å². The van der Waals surface area contributed by atoms with E-state index in [2.05, 4.69) is 6.58 Å². The molecule has 1 saturated carbocycles. The van der Waals surface area contributed by atoms with E-state index in [1.807, 2.05) is 18.7 Å². The minimum Gasteiger partial charge on any atom is -0.481 e. The Morgan fingerprint density at radius 3 is 2.43 bits per heavy atom. The molecule has 14 heavy (non-hydrogen) atoms. The summed E-state index contributed by atoms with van der Waals surface area (Å²) in [6.07, 6.45) is 3.80. The lowest BCUT2D eigenvalue weighted by molar-refractivity contribution is -0.142. The van der Waals surface area contributed by atoms with E-state index in [1.165, 1.54) is 5.57 Å². The van der Waals surface area contributed by atoms with Gasteiger partial charge >= 0.3 is 5.97 Å². The van der Waals surface area contributed by atoms with E-state index in [9.17, 15) is 4.79 Å². The van der Waals surface area contributed by atoms with E-state index in [4.69, 9.17) is 5.11 Å². The van der Waals surface area contributed by atoms with Crippen LogP contribution in [0.1, 0.15) is 32.6 Å². The number of carbonyl (C=O) groups is 1. The number of carboxylic acid groups (broad SMARTS) is 1. The van der Waals surface area contributed by atoms with Gasteiger partial charge in [0, 0.05) is 11.0 Å². The van der Waals surface area contributed by atoms with Crippen LogP contribution in [0.2, 0.25) is 0 Å². The van der Waals surface area contributed by atoms with Gasteiger partial charge in [0.05, 0.1) is 5.92 Å². The van der Waals surface area contributed by atoms with Gasteiger partial charge in [-0.1, -0.05) is 12.2 Å². The zero-order valence-corrected chi connectivity index (χ0v) is 9.48. The summed E-state index contributed by atoms with van der Waals surface area (Å²) in [5.74, 6) is 0.313. The molecule has 1 N–H and O–H groups in total. The predicted molar refractivity (Wildman–Crippen MR) is 60.7 cm³/mol. The number of rotatable bonds is 4. The second-order valence-electron chi connectivity index (χ2n) is 4.08. The van der Waals surface area contributed by atoms with Crippen molar-refractivity contribution in [1.82, 2.24) is 0 Å². The highest BCUT2D eigenvalue weighted by atomic mass is 32.2. The summed E-state index contributed by atoms with van der Waals surface area (Å²) in [7, 11) is 0. The minimum absolute atomic E-state index is 0.0864. The third-order valence-electron chi connectivity index (χ3n) is 2.59. The van der Waals surface area contributed by atoms with Crippen LogP contribution < -0.4 is 0 Å². The van der Waals surface area contributed by atoms with Crippen molar-refractivity contribution in [2.24, 2.45) is 5.92 Å². The Morgan fingerprint density at radius 2 is 2.00 bits per heavy atom. The second-order valence-corrected chi connectivity index (χ2v) is 5.37. The van der Waals surface area contributed by atoms with E-state index in [-0.39, 0.29) is 5.92 Å². The lowest BCUT2D eigenvalue weighted by atomic mass is 9.89. The molecule has 1 aliphatic carbocycles. The van der Waals surface area contributed by atoms with Crippen molar-refractivity contribution in [1.29, 1.82) is 0 Å². The number of hydrogen-bond donors (Lipinski definition) is 1. The smallest absolute Gasteiger partial charge is 0.306 e. The van der Waals surface area contributed by atoms with Crippen LogP contribution in [0.3, 0.4) is 0 Å². The highest BCUT2D eigenvalue weighted by Gasteiger charge is 2.25. The van der Waals surface area contributed by atoms with Gasteiger partial charge in [0.25, 0.3) is 0 Å². The van der Waals surface area contributed by atoms with Gasteiger partial charge in [-0.3, -0.25) is 4.79 Å². The van der Waals surface area contributed by atoms with Crippen LogP contribution in [0.4, 0.5) is 0 Å². The van der Waals surface area contributed by atoms with Crippen molar-refractivity contribution < 1.29 is 9.90 Å². The third-order valence-corrected chi connectivity index (χ3v) is 4.19. The second kappa shape index (κ2) is 5.44. The molecule has 2 nitrogen and oxygen atoms in total. The van der Waals surface area contributed by atoms with Crippen molar-refractivity contribution in [2.75, 3.05) is 5.75 Å². The lowest BCUT2D eigenvalue weighted by Gasteiger charge is -2.25. The summed E-state index contributed by atoms with van der Waals surface area (Å²) in [4.78, 5) is 10.7. The molecule has 0 radical (unpaired) electrons. The van der Waals surface area contributed by atoms with Crippen LogP contribution in [0.15, 0.2) is 12.2 Å². The van der Waals surface area contributed by atoms with E-state index in [0.29, 0.717) is 5.25 Å². The van der Waals surface area contributed by atoms with E-state index >= 15 is 0 Å². The van der Waals surface area contributed by atoms with Crippen LogP contribution in [0.5, 0.6) is 0 Å². The van der Waals surface area contributed by atoms with E-state index in [1.54, 1.807) is 0 Å². The van der Waals surface area contributed by atoms with Crippen LogP contribution >= 0.6 is 11.8 Å². The maximum Gasteiger partial charge on any atom is 0.306 e. The molecule has 0 aliphatic heterocycles. The first kappa shape index (κ1) is 11.6. The third kappa shape index (κ3) is 3.74. The molecule has 0 aromatic carbocycles. The SMILES string of the molecule is C=C(C)CSC1CCC(C(=O)O)CC1. The topological polar surface area (TPSA) is 37.3 Å². The van der Waals surface area contributed by atoms with Crippen molar-refractivity contribution in [2.45, 2.75) is 37.9 Å². The summed E-state index contributed by atoms with van der Waals surface area (Å²) in [5, 5.41) is 9.48. The molecule has 0 heterocycles. The van der Waals surface area contributed by atoms with Crippen LogP contribution in [0.25, 0.3) is 0 Å². The number of hydrogen-bond acceptors (Lipinski definition) is 2. The molecule has 0 amide bonds. The molecule has 0 aromatic rings. The first-order chi connectivity index (χ1) is 6.59. The van der Waals surface area contributed by atoms with Gasteiger partial charge in [-0.15, -0.1) is 0 Å². The zero-order valence-electron chi connectivity index (χ0n) is 8.66. The maximum absolute atomic E-state index is 10.7. The summed E-state index contributed by atoms with van der Waals surface area (Å²) >= 11 is 1.93. The summed E-state index contributed by atoms with van der Waals surface area (Å²) < 4.78 is 0. The monoisotopic (exact) mass is 214 g/mol. The molecule has 80 valence electrons. The van der Waals surface area contributed by atoms with E-state index in [0.717, 1.165) is 31.4 Å². The molecule has 0 saturated heterocycles. The number of thioether (sulfide) groups is 1. The lowest BCUT2D eigenvalue weighted by Crippen LogP contribution is -2.22. The largest absolute Gasteiger partial charge is 0.481 e. The Kier molecular flexibility index (Phi) is 4.52. The Morgan fingerprint density at radius 1 is 1.43 bits per heavy atom. The fourth-order valence-electron chi connectivity index (χ4n) is 1.74. The molecular weight excluding hydrogens is 196 g/mol. The molecule has 1 rings (SSSR count). The maximum atomic E-state index is 10.7. The molecule has 0 atom stereocenters. The molecule has 0 aromatic heterocycles. The van der Waals surface area contributed by atoms with Gasteiger partial charge in [0.1, 0.15) is 0 Å². The normalized spacial score (nSPS) is 27.2. The average molecular weight is 214 g/mol. The van der Waals surface area contributed by atoms with Crippen LogP contribution in [0, 0.1) is 5.92 Å². The van der Waals surface area contributed by atoms with Crippen molar-refractivity contribution >= 4 is 17.7 Å². The summed E-state index contributed by atoms with van der Waals surface area (Å²) in [6, 6.07) is 0. The quantitative estimate of drug-likeness (QED) is 0.731. The van der Waals surface area contributed by atoms with Gasteiger partial charge in [-0.2, -0.15) is 11.8 Å². The fraction of sp³-hybridized carbons (Fsp3) is 0.727. The Balaban J connectivity index is 2.22. The highest BCUT2D eigenvalue weighted by molar-refractivity contribution is 8.00. The van der Waals surface area contributed by atoms with Gasteiger partial charge < -0.3 is 5.11 Å². The van der Waals surface area contributed by atoms with Gasteiger partial charge in [0.15, 0.2) is 0 Å². The van der Waals surface area contributed by atoms with Crippen LogP contribution in [-0.2, 0) is 4.79 Å². The molecule has 1 aliphatic rings. The van der Waals surface area contributed by atoms with Crippen molar-refractivity contribution in [3.8, 4) is 0 Å². The molecule has 1 fully saturated rings. The van der Waals surface area contributed by atoms with Gasteiger partial charge in [-0.25, -0.2) is 0 Å². The predicted octanol–water partition coefficient (Wildman–Crippen LogP) is 2.94. The number of carboxylic acids is 1. The first-order valence-corrected chi connectivity index (χ1v) is 6.13. The Labute approximate surface area is 89.8 Å². The van der Waals surface area contributed by atoms with E-state index < -0.39 is 5.97 Å². The zero-order chi connectivity index (χ0) is 10.6. The average Bonchev–Trinajstić information content (AvgIpc) is 2.15. The molecule has 3 heteroatoms. The van der Waals surface area contributed by atoms with Crippen LogP contribution in [-0.4, -0.2) is 22.1 Å². The van der Waals surface area contributed by atoms with Gasteiger partial charge in [0.2, 0.25) is 0 Å². The molecular formula is C11H18O2S. The fourth-order valence-corrected chi connectivity index (χ4v) is 2.86. The standard InChI is InChI=1S/C11H18O2S/c1-8(2)7-14-10-5-3-9(4-6-10)11(12)13/h9-10H,1,3-7H2,2H3,(H,12,13). The summed E-state index contributed by atoms with van der Waals surface area (Å²) in [6.45, 7) is 5.91. The summed E-state index contributed by atoms with van der Waals surface area (Å²) in [5.41, 5.74) is 1.20.